The van der Waals surface area contributed by atoms with Gasteiger partial charge in [-0.15, -0.1) is 0 Å². The van der Waals surface area contributed by atoms with E-state index in [9.17, 15) is 4.79 Å². The Morgan fingerprint density at radius 2 is 2.33 bits per heavy atom. The number of nitrogens with one attached hydrogen (secondary N) is 1. The standard InChI is InChI=1S/C9H12N2O3S/c1-5-13-7(14-5)3-6-4-10-9(15-2)11-8(6)12/h4-5,7H,3H2,1-2H3,(H,10,11,12). The number of ether oxygens (including phenoxy) is 2. The summed E-state index contributed by atoms with van der Waals surface area (Å²) in [4.78, 5) is 18.3. The molecule has 1 aromatic heterocycles. The summed E-state index contributed by atoms with van der Waals surface area (Å²) in [6.45, 7) is 1.82. The molecular formula is C9H12N2O3S. The van der Waals surface area contributed by atoms with E-state index in [1.807, 2.05) is 13.2 Å². The molecule has 0 radical (unpaired) electrons. The van der Waals surface area contributed by atoms with Gasteiger partial charge in [0.25, 0.3) is 5.56 Å². The van der Waals surface area contributed by atoms with Crippen LogP contribution in [0.25, 0.3) is 0 Å². The van der Waals surface area contributed by atoms with Gasteiger partial charge < -0.3 is 14.5 Å². The van der Waals surface area contributed by atoms with Crippen LogP contribution < -0.4 is 5.56 Å². The molecule has 0 spiro atoms. The fourth-order valence-electron chi connectivity index (χ4n) is 1.37. The van der Waals surface area contributed by atoms with Crippen molar-refractivity contribution in [2.75, 3.05) is 6.26 Å². The molecule has 0 amide bonds. The Morgan fingerprint density at radius 1 is 1.60 bits per heavy atom. The molecule has 0 bridgehead atoms. The fraction of sp³-hybridized carbons (Fsp3) is 0.556. The highest BCUT2D eigenvalue weighted by Crippen LogP contribution is 2.18. The van der Waals surface area contributed by atoms with Crippen molar-refractivity contribution in [2.24, 2.45) is 0 Å². The minimum absolute atomic E-state index is 0.124. The van der Waals surface area contributed by atoms with Crippen molar-refractivity contribution in [3.05, 3.63) is 22.1 Å². The van der Waals surface area contributed by atoms with Crippen LogP contribution in [-0.2, 0) is 15.9 Å². The Labute approximate surface area is 91.2 Å². The van der Waals surface area contributed by atoms with Gasteiger partial charge in [0.1, 0.15) is 0 Å². The zero-order valence-corrected chi connectivity index (χ0v) is 9.34. The molecule has 15 heavy (non-hydrogen) atoms. The van der Waals surface area contributed by atoms with Crippen LogP contribution in [0, 0.1) is 0 Å². The van der Waals surface area contributed by atoms with Crippen molar-refractivity contribution in [3.8, 4) is 0 Å². The molecule has 1 saturated heterocycles. The SMILES string of the molecule is CSc1ncc(CC2OC(C)O2)c(=O)[nH]1. The van der Waals surface area contributed by atoms with Gasteiger partial charge in [-0.3, -0.25) is 4.79 Å². The summed E-state index contributed by atoms with van der Waals surface area (Å²) in [6.07, 6.45) is 3.41. The smallest absolute Gasteiger partial charge is 0.254 e. The van der Waals surface area contributed by atoms with E-state index in [1.165, 1.54) is 11.8 Å². The average Bonchev–Trinajstić information content (AvgIpc) is 2.18. The zero-order valence-electron chi connectivity index (χ0n) is 8.52. The van der Waals surface area contributed by atoms with Crippen LogP contribution in [0.2, 0.25) is 0 Å². The molecule has 0 aliphatic carbocycles. The summed E-state index contributed by atoms with van der Waals surface area (Å²) in [6, 6.07) is 0. The number of aromatic amines is 1. The minimum Gasteiger partial charge on any atom is -0.324 e. The first-order valence-corrected chi connectivity index (χ1v) is 5.84. The second kappa shape index (κ2) is 4.34. The number of nitrogens with zero attached hydrogens (tertiary/aromatic N) is 1. The van der Waals surface area contributed by atoms with Crippen LogP contribution in [0.3, 0.4) is 0 Å². The highest BCUT2D eigenvalue weighted by molar-refractivity contribution is 7.98. The quantitative estimate of drug-likeness (QED) is 0.611. The molecule has 2 rings (SSSR count). The Kier molecular flexibility index (Phi) is 3.08. The lowest BCUT2D eigenvalue weighted by atomic mass is 10.2. The Bertz CT molecular complexity index is 401. The molecule has 2 heterocycles. The Hall–Kier alpha value is -0.850. The number of rotatable bonds is 3. The molecule has 0 atom stereocenters. The van der Waals surface area contributed by atoms with E-state index >= 15 is 0 Å². The molecule has 5 nitrogen and oxygen atoms in total. The molecule has 82 valence electrons. The lowest BCUT2D eigenvalue weighted by Gasteiger charge is -2.33. The molecule has 1 aliphatic rings. The highest BCUT2D eigenvalue weighted by Gasteiger charge is 2.27. The van der Waals surface area contributed by atoms with Crippen molar-refractivity contribution in [3.63, 3.8) is 0 Å². The van der Waals surface area contributed by atoms with E-state index in [0.717, 1.165) is 0 Å². The van der Waals surface area contributed by atoms with Crippen LogP contribution in [0.4, 0.5) is 0 Å². The van der Waals surface area contributed by atoms with Gasteiger partial charge in [-0.2, -0.15) is 0 Å². The van der Waals surface area contributed by atoms with Crippen LogP contribution in [0.1, 0.15) is 12.5 Å². The molecule has 0 saturated carbocycles. The molecule has 1 aliphatic heterocycles. The molecule has 0 unspecified atom stereocenters. The second-order valence-corrected chi connectivity index (χ2v) is 4.02. The first-order valence-electron chi connectivity index (χ1n) is 4.62. The maximum atomic E-state index is 11.5. The van der Waals surface area contributed by atoms with E-state index < -0.39 is 0 Å². The molecule has 6 heteroatoms. The lowest BCUT2D eigenvalue weighted by molar-refractivity contribution is -0.374. The topological polar surface area (TPSA) is 64.2 Å². The third kappa shape index (κ3) is 2.39. The summed E-state index contributed by atoms with van der Waals surface area (Å²) < 4.78 is 10.5. The summed E-state index contributed by atoms with van der Waals surface area (Å²) in [5.74, 6) is 0. The third-order valence-electron chi connectivity index (χ3n) is 2.12. The van der Waals surface area contributed by atoms with Crippen molar-refractivity contribution in [1.29, 1.82) is 0 Å². The van der Waals surface area contributed by atoms with E-state index in [1.54, 1.807) is 6.20 Å². The van der Waals surface area contributed by atoms with Crippen molar-refractivity contribution in [2.45, 2.75) is 31.1 Å². The van der Waals surface area contributed by atoms with Crippen molar-refractivity contribution in [1.82, 2.24) is 9.97 Å². The maximum absolute atomic E-state index is 11.5. The summed E-state index contributed by atoms with van der Waals surface area (Å²) in [7, 11) is 0. The van der Waals surface area contributed by atoms with Gasteiger partial charge in [0.15, 0.2) is 17.7 Å². The fourth-order valence-corrected chi connectivity index (χ4v) is 1.72. The summed E-state index contributed by atoms with van der Waals surface area (Å²) in [5.41, 5.74) is 0.464. The monoisotopic (exact) mass is 228 g/mol. The first-order chi connectivity index (χ1) is 7.19. The number of thioether (sulfide) groups is 1. The first kappa shape index (κ1) is 10.7. The van der Waals surface area contributed by atoms with Gasteiger partial charge >= 0.3 is 0 Å². The Balaban J connectivity index is 2.06. The lowest BCUT2D eigenvalue weighted by Crippen LogP contribution is -2.41. The molecule has 0 aromatic carbocycles. The number of hydrogen-bond acceptors (Lipinski definition) is 5. The molecule has 1 N–H and O–H groups in total. The van der Waals surface area contributed by atoms with Crippen molar-refractivity contribution < 1.29 is 9.47 Å². The molecular weight excluding hydrogens is 216 g/mol. The predicted octanol–water partition coefficient (Wildman–Crippen LogP) is 0.753. The number of hydrogen-bond donors (Lipinski definition) is 1. The highest BCUT2D eigenvalue weighted by atomic mass is 32.2. The van der Waals surface area contributed by atoms with E-state index in [-0.39, 0.29) is 18.1 Å². The van der Waals surface area contributed by atoms with Crippen LogP contribution >= 0.6 is 11.8 Å². The van der Waals surface area contributed by atoms with Crippen LogP contribution in [-0.4, -0.2) is 28.8 Å². The minimum atomic E-state index is -0.303. The average molecular weight is 228 g/mol. The van der Waals surface area contributed by atoms with E-state index in [2.05, 4.69) is 9.97 Å². The van der Waals surface area contributed by atoms with E-state index in [0.29, 0.717) is 17.1 Å². The van der Waals surface area contributed by atoms with Gasteiger partial charge in [-0.25, -0.2) is 4.98 Å². The number of H-pyrrole nitrogens is 1. The Morgan fingerprint density at radius 3 is 2.87 bits per heavy atom. The summed E-state index contributed by atoms with van der Waals surface area (Å²) >= 11 is 1.40. The van der Waals surface area contributed by atoms with Crippen LogP contribution in [0.5, 0.6) is 0 Å². The van der Waals surface area contributed by atoms with Crippen molar-refractivity contribution >= 4 is 11.8 Å². The third-order valence-corrected chi connectivity index (χ3v) is 2.71. The second-order valence-electron chi connectivity index (χ2n) is 3.22. The number of aromatic nitrogens is 2. The zero-order chi connectivity index (χ0) is 10.8. The normalized spacial score (nSPS) is 24.9. The van der Waals surface area contributed by atoms with Gasteiger partial charge in [0, 0.05) is 18.2 Å². The predicted molar refractivity (Wildman–Crippen MR) is 55.8 cm³/mol. The molecule has 1 aromatic rings. The van der Waals surface area contributed by atoms with Crippen LogP contribution in [0.15, 0.2) is 16.1 Å². The summed E-state index contributed by atoms with van der Waals surface area (Å²) in [5, 5.41) is 0.618. The van der Waals surface area contributed by atoms with E-state index in [4.69, 9.17) is 9.47 Å². The van der Waals surface area contributed by atoms with Gasteiger partial charge in [-0.1, -0.05) is 11.8 Å². The molecule has 1 fully saturated rings. The maximum Gasteiger partial charge on any atom is 0.254 e. The van der Waals surface area contributed by atoms with Gasteiger partial charge in [-0.05, 0) is 13.2 Å². The van der Waals surface area contributed by atoms with Gasteiger partial charge in [0.05, 0.1) is 0 Å². The van der Waals surface area contributed by atoms with Gasteiger partial charge in [0.2, 0.25) is 0 Å². The largest absolute Gasteiger partial charge is 0.324 e.